The molecule has 0 saturated heterocycles. The summed E-state index contributed by atoms with van der Waals surface area (Å²) in [6.45, 7) is 0.700. The molecule has 2 fully saturated rings. The molecule has 0 bridgehead atoms. The third-order valence-corrected chi connectivity index (χ3v) is 5.80. The molecule has 3 nitrogen and oxygen atoms in total. The Morgan fingerprint density at radius 1 is 1.04 bits per heavy atom. The van der Waals surface area contributed by atoms with E-state index in [2.05, 4.69) is 29.6 Å². The zero-order valence-corrected chi connectivity index (χ0v) is 14.7. The number of fused-ring (bicyclic) bond motifs is 1. The number of para-hydroxylation sites is 1. The number of nitrogens with zero attached hydrogens (tertiary/aromatic N) is 1. The Bertz CT molecular complexity index is 972. The summed E-state index contributed by atoms with van der Waals surface area (Å²) in [5, 5.41) is 4.16. The molecule has 2 aromatic carbocycles. The van der Waals surface area contributed by atoms with E-state index in [1.807, 2.05) is 36.4 Å². The number of nitrogens with one attached hydrogen (secondary N) is 1. The summed E-state index contributed by atoms with van der Waals surface area (Å²) in [6, 6.07) is 20.5. The fourth-order valence-electron chi connectivity index (χ4n) is 3.83. The predicted octanol–water partition coefficient (Wildman–Crippen LogP) is 4.57. The quantitative estimate of drug-likeness (QED) is 0.738. The van der Waals surface area contributed by atoms with E-state index in [1.165, 1.54) is 18.4 Å². The topological polar surface area (TPSA) is 42.0 Å². The number of carbonyl (C=O) groups is 1. The maximum atomic E-state index is 13.0. The van der Waals surface area contributed by atoms with E-state index >= 15 is 0 Å². The number of amides is 1. The van der Waals surface area contributed by atoms with Crippen LogP contribution in [0.4, 0.5) is 0 Å². The molecule has 130 valence electrons. The highest BCUT2D eigenvalue weighted by atomic mass is 16.1. The van der Waals surface area contributed by atoms with Crippen molar-refractivity contribution in [2.45, 2.75) is 37.0 Å². The summed E-state index contributed by atoms with van der Waals surface area (Å²) in [7, 11) is 0. The lowest BCUT2D eigenvalue weighted by atomic mass is 9.96. The van der Waals surface area contributed by atoms with Gasteiger partial charge in [-0.2, -0.15) is 0 Å². The van der Waals surface area contributed by atoms with Crippen molar-refractivity contribution in [3.05, 3.63) is 77.5 Å². The van der Waals surface area contributed by atoms with Crippen LogP contribution in [0.3, 0.4) is 0 Å². The average molecular weight is 342 g/mol. The third kappa shape index (κ3) is 2.78. The molecule has 2 aliphatic rings. The van der Waals surface area contributed by atoms with Crippen LogP contribution in [-0.4, -0.2) is 17.4 Å². The van der Waals surface area contributed by atoms with Gasteiger partial charge in [0.15, 0.2) is 0 Å². The van der Waals surface area contributed by atoms with Crippen LogP contribution in [0, 0.1) is 0 Å². The van der Waals surface area contributed by atoms with E-state index in [1.54, 1.807) is 0 Å². The van der Waals surface area contributed by atoms with Crippen molar-refractivity contribution >= 4 is 16.8 Å². The van der Waals surface area contributed by atoms with Crippen LogP contribution < -0.4 is 5.32 Å². The lowest BCUT2D eigenvalue weighted by Crippen LogP contribution is -2.32. The molecule has 1 aromatic heterocycles. The molecule has 3 aromatic rings. The number of hydrogen-bond acceptors (Lipinski definition) is 2. The van der Waals surface area contributed by atoms with Crippen LogP contribution in [0.5, 0.6) is 0 Å². The van der Waals surface area contributed by atoms with E-state index in [0.717, 1.165) is 35.0 Å². The van der Waals surface area contributed by atoms with Gasteiger partial charge < -0.3 is 5.32 Å². The average Bonchev–Trinajstić information content (AvgIpc) is 3.60. The van der Waals surface area contributed by atoms with E-state index < -0.39 is 0 Å². The first-order valence-corrected chi connectivity index (χ1v) is 9.49. The zero-order valence-electron chi connectivity index (χ0n) is 14.7. The Morgan fingerprint density at radius 2 is 1.77 bits per heavy atom. The van der Waals surface area contributed by atoms with Gasteiger partial charge in [-0.05, 0) is 43.4 Å². The molecule has 3 heteroatoms. The molecule has 0 atom stereocenters. The minimum Gasteiger partial charge on any atom is -0.351 e. The Morgan fingerprint density at radius 3 is 2.50 bits per heavy atom. The maximum absolute atomic E-state index is 13.0. The minimum absolute atomic E-state index is 0.0210. The van der Waals surface area contributed by atoms with E-state index in [-0.39, 0.29) is 11.3 Å². The molecule has 1 N–H and O–H groups in total. The number of rotatable bonds is 5. The molecule has 0 radical (unpaired) electrons. The van der Waals surface area contributed by atoms with Crippen LogP contribution in [-0.2, 0) is 5.41 Å². The second-order valence-electron chi connectivity index (χ2n) is 7.72. The van der Waals surface area contributed by atoms with Crippen molar-refractivity contribution < 1.29 is 4.79 Å². The van der Waals surface area contributed by atoms with E-state index in [9.17, 15) is 4.79 Å². The first kappa shape index (κ1) is 15.6. The van der Waals surface area contributed by atoms with E-state index in [0.29, 0.717) is 12.5 Å². The molecule has 2 saturated carbocycles. The van der Waals surface area contributed by atoms with Crippen molar-refractivity contribution in [2.75, 3.05) is 6.54 Å². The largest absolute Gasteiger partial charge is 0.351 e. The summed E-state index contributed by atoms with van der Waals surface area (Å²) >= 11 is 0. The van der Waals surface area contributed by atoms with Crippen molar-refractivity contribution in [1.82, 2.24) is 10.3 Å². The van der Waals surface area contributed by atoms with Crippen LogP contribution in [0.1, 0.15) is 53.2 Å². The van der Waals surface area contributed by atoms with Gasteiger partial charge in [0.1, 0.15) is 0 Å². The minimum atomic E-state index is 0.0210. The second kappa shape index (κ2) is 5.94. The molecule has 0 unspecified atom stereocenters. The van der Waals surface area contributed by atoms with Gasteiger partial charge in [-0.3, -0.25) is 9.78 Å². The molecular weight excluding hydrogens is 320 g/mol. The Hall–Kier alpha value is -2.68. The van der Waals surface area contributed by atoms with Crippen molar-refractivity contribution in [3.63, 3.8) is 0 Å². The van der Waals surface area contributed by atoms with E-state index in [4.69, 9.17) is 4.98 Å². The highest BCUT2D eigenvalue weighted by molar-refractivity contribution is 6.06. The lowest BCUT2D eigenvalue weighted by Gasteiger charge is -2.17. The van der Waals surface area contributed by atoms with Gasteiger partial charge in [0, 0.05) is 29.0 Å². The molecule has 0 aliphatic heterocycles. The summed E-state index contributed by atoms with van der Waals surface area (Å²) in [4.78, 5) is 17.8. The summed E-state index contributed by atoms with van der Waals surface area (Å²) in [5.74, 6) is 0.554. The first-order chi connectivity index (χ1) is 12.8. The standard InChI is InChI=1S/C23H22N2O/c26-22(24-15-23(12-13-23)17-6-2-1-3-7-17)19-14-21(16-10-11-16)25-20-9-5-4-8-18(19)20/h1-9,14,16H,10-13,15H2,(H,24,26). The number of pyridine rings is 1. The lowest BCUT2D eigenvalue weighted by molar-refractivity contribution is 0.0951. The Labute approximate surface area is 153 Å². The predicted molar refractivity (Wildman–Crippen MR) is 103 cm³/mol. The number of benzene rings is 2. The fraction of sp³-hybridized carbons (Fsp3) is 0.304. The number of carbonyl (C=O) groups excluding carboxylic acids is 1. The van der Waals surface area contributed by atoms with Gasteiger partial charge in [0.05, 0.1) is 11.1 Å². The molecule has 26 heavy (non-hydrogen) atoms. The molecule has 0 spiro atoms. The van der Waals surface area contributed by atoms with Crippen LogP contribution in [0.2, 0.25) is 0 Å². The van der Waals surface area contributed by atoms with Gasteiger partial charge in [-0.1, -0.05) is 48.5 Å². The van der Waals surface area contributed by atoms with Crippen LogP contribution >= 0.6 is 0 Å². The molecular formula is C23H22N2O. The van der Waals surface area contributed by atoms with Crippen molar-refractivity contribution in [2.24, 2.45) is 0 Å². The SMILES string of the molecule is O=C(NCC1(c2ccccc2)CC1)c1cc(C2CC2)nc2ccccc12. The maximum Gasteiger partial charge on any atom is 0.252 e. The molecule has 5 rings (SSSR count). The smallest absolute Gasteiger partial charge is 0.252 e. The fourth-order valence-corrected chi connectivity index (χ4v) is 3.83. The summed E-state index contributed by atoms with van der Waals surface area (Å²) in [6.07, 6.45) is 4.65. The van der Waals surface area contributed by atoms with Crippen molar-refractivity contribution in [1.29, 1.82) is 0 Å². The Balaban J connectivity index is 1.42. The van der Waals surface area contributed by atoms with Gasteiger partial charge in [-0.15, -0.1) is 0 Å². The second-order valence-corrected chi connectivity index (χ2v) is 7.72. The van der Waals surface area contributed by atoms with Gasteiger partial charge >= 0.3 is 0 Å². The number of aromatic nitrogens is 1. The van der Waals surface area contributed by atoms with Gasteiger partial charge in [0.25, 0.3) is 5.91 Å². The highest BCUT2D eigenvalue weighted by Gasteiger charge is 2.44. The third-order valence-electron chi connectivity index (χ3n) is 5.80. The highest BCUT2D eigenvalue weighted by Crippen LogP contribution is 2.47. The van der Waals surface area contributed by atoms with Gasteiger partial charge in [-0.25, -0.2) is 0 Å². The monoisotopic (exact) mass is 342 g/mol. The van der Waals surface area contributed by atoms with Crippen molar-refractivity contribution in [3.8, 4) is 0 Å². The summed E-state index contributed by atoms with van der Waals surface area (Å²) < 4.78 is 0. The molecule has 1 amide bonds. The van der Waals surface area contributed by atoms with Crippen LogP contribution in [0.15, 0.2) is 60.7 Å². The summed E-state index contributed by atoms with van der Waals surface area (Å²) in [5.41, 5.74) is 4.21. The molecule has 1 heterocycles. The first-order valence-electron chi connectivity index (χ1n) is 9.49. The van der Waals surface area contributed by atoms with Crippen LogP contribution in [0.25, 0.3) is 10.9 Å². The zero-order chi connectivity index (χ0) is 17.6. The Kier molecular flexibility index (Phi) is 3.56. The normalized spacial score (nSPS) is 17.8. The molecule has 2 aliphatic carbocycles. The van der Waals surface area contributed by atoms with Gasteiger partial charge in [0.2, 0.25) is 0 Å². The number of hydrogen-bond donors (Lipinski definition) is 1.